The van der Waals surface area contributed by atoms with Gasteiger partial charge < -0.3 is 4.74 Å². The van der Waals surface area contributed by atoms with Gasteiger partial charge in [0, 0.05) is 21.9 Å². The number of hydrogen-bond donors (Lipinski definition) is 0. The van der Waals surface area contributed by atoms with E-state index < -0.39 is 0 Å². The summed E-state index contributed by atoms with van der Waals surface area (Å²) in [4.78, 5) is 17.1. The van der Waals surface area contributed by atoms with E-state index in [1.807, 2.05) is 84.9 Å². The molecule has 0 saturated heterocycles. The summed E-state index contributed by atoms with van der Waals surface area (Å²) < 4.78 is 8.48. The van der Waals surface area contributed by atoms with Gasteiger partial charge in [0.2, 0.25) is 5.95 Å². The van der Waals surface area contributed by atoms with Crippen LogP contribution in [-0.2, 0) is 0 Å². The molecule has 3 heterocycles. The maximum atomic E-state index is 6.33. The molecule has 5 aromatic carbocycles. The Morgan fingerprint density at radius 3 is 1.92 bits per heavy atom. The Hall–Kier alpha value is -4.94. The molecule has 1 aliphatic rings. The summed E-state index contributed by atoms with van der Waals surface area (Å²) in [5, 5.41) is 2.26. The molecule has 0 radical (unpaired) electrons. The number of aromatic nitrogens is 4. The first kappa shape index (κ1) is 22.1. The molecule has 0 fully saturated rings. The van der Waals surface area contributed by atoms with Crippen molar-refractivity contribution in [2.75, 3.05) is 0 Å². The molecule has 0 atom stereocenters. The molecular formula is C33H20N4OS. The van der Waals surface area contributed by atoms with Gasteiger partial charge in [-0.05, 0) is 30.3 Å². The zero-order valence-corrected chi connectivity index (χ0v) is 21.5. The molecule has 1 aliphatic heterocycles. The van der Waals surface area contributed by atoms with E-state index in [1.165, 1.54) is 0 Å². The molecule has 0 N–H and O–H groups in total. The second kappa shape index (κ2) is 8.82. The van der Waals surface area contributed by atoms with Crippen molar-refractivity contribution in [3.8, 4) is 40.2 Å². The number of para-hydroxylation sites is 2. The number of nitrogens with zero attached hydrogens (tertiary/aromatic N) is 4. The standard InChI is InChI=1S/C33H20N4OS/c1-3-11-21(12-4-1)31-34-32(22-13-5-2-6-14-22)36-33(35-31)37-24-16-8-7-15-23(24)29-25(37)19-20-27-30(29)39-28-18-10-9-17-26(28)38-27/h1-20H. The molecule has 0 spiro atoms. The molecule has 2 aromatic heterocycles. The van der Waals surface area contributed by atoms with Crippen molar-refractivity contribution >= 4 is 33.6 Å². The fourth-order valence-electron chi connectivity index (χ4n) is 5.15. The quantitative estimate of drug-likeness (QED) is 0.234. The lowest BCUT2D eigenvalue weighted by Gasteiger charge is -2.20. The van der Waals surface area contributed by atoms with Crippen molar-refractivity contribution in [2.45, 2.75) is 9.79 Å². The Morgan fingerprint density at radius 1 is 0.538 bits per heavy atom. The number of hydrogen-bond acceptors (Lipinski definition) is 5. The summed E-state index contributed by atoms with van der Waals surface area (Å²) in [7, 11) is 0. The second-order valence-electron chi connectivity index (χ2n) is 9.31. The van der Waals surface area contributed by atoms with E-state index >= 15 is 0 Å². The van der Waals surface area contributed by atoms with Gasteiger partial charge in [-0.25, -0.2) is 4.98 Å². The van der Waals surface area contributed by atoms with Crippen LogP contribution in [0.3, 0.4) is 0 Å². The van der Waals surface area contributed by atoms with Crippen LogP contribution in [0.2, 0.25) is 0 Å². The third kappa shape index (κ3) is 3.60. The van der Waals surface area contributed by atoms with Crippen molar-refractivity contribution in [3.63, 3.8) is 0 Å². The highest BCUT2D eigenvalue weighted by molar-refractivity contribution is 7.99. The molecule has 8 rings (SSSR count). The minimum Gasteiger partial charge on any atom is -0.455 e. The highest BCUT2D eigenvalue weighted by Crippen LogP contribution is 2.51. The molecule has 0 unspecified atom stereocenters. The molecule has 0 saturated carbocycles. The van der Waals surface area contributed by atoms with Crippen LogP contribution in [0.25, 0.3) is 50.5 Å². The Bertz CT molecular complexity index is 1960. The summed E-state index contributed by atoms with van der Waals surface area (Å²) >= 11 is 1.74. The van der Waals surface area contributed by atoms with E-state index in [0.717, 1.165) is 54.2 Å². The first-order chi connectivity index (χ1) is 19.3. The number of ether oxygens (including phenoxy) is 1. The van der Waals surface area contributed by atoms with Crippen LogP contribution in [0.4, 0.5) is 0 Å². The van der Waals surface area contributed by atoms with E-state index in [0.29, 0.717) is 17.6 Å². The van der Waals surface area contributed by atoms with E-state index in [9.17, 15) is 0 Å². The van der Waals surface area contributed by atoms with Crippen LogP contribution < -0.4 is 4.74 Å². The lowest BCUT2D eigenvalue weighted by molar-refractivity contribution is 0.456. The minimum atomic E-state index is 0.580. The van der Waals surface area contributed by atoms with Crippen LogP contribution in [0.15, 0.2) is 131 Å². The van der Waals surface area contributed by atoms with Crippen LogP contribution in [0, 0.1) is 0 Å². The Labute approximate surface area is 228 Å². The third-order valence-electron chi connectivity index (χ3n) is 6.92. The molecule has 7 aromatic rings. The van der Waals surface area contributed by atoms with Gasteiger partial charge in [-0.15, -0.1) is 0 Å². The largest absolute Gasteiger partial charge is 0.455 e. The maximum absolute atomic E-state index is 6.33. The SMILES string of the molecule is c1ccc(-c2nc(-c3ccccc3)nc(-n3c4ccccc4c4c5c(ccc43)Oc3ccccc3S5)n2)cc1. The van der Waals surface area contributed by atoms with Crippen molar-refractivity contribution in [3.05, 3.63) is 121 Å². The predicted octanol–water partition coefficient (Wildman–Crippen LogP) is 8.56. The van der Waals surface area contributed by atoms with Crippen LogP contribution in [0.1, 0.15) is 0 Å². The van der Waals surface area contributed by atoms with Crippen LogP contribution in [-0.4, -0.2) is 19.5 Å². The normalized spacial score (nSPS) is 12.2. The fraction of sp³-hybridized carbons (Fsp3) is 0. The first-order valence-corrected chi connectivity index (χ1v) is 13.5. The molecule has 5 nitrogen and oxygen atoms in total. The Kier molecular flexibility index (Phi) is 5.00. The topological polar surface area (TPSA) is 52.8 Å². The molecule has 0 aliphatic carbocycles. The first-order valence-electron chi connectivity index (χ1n) is 12.7. The van der Waals surface area contributed by atoms with Crippen LogP contribution >= 0.6 is 11.8 Å². The highest BCUT2D eigenvalue weighted by Gasteiger charge is 2.25. The van der Waals surface area contributed by atoms with Gasteiger partial charge >= 0.3 is 0 Å². The lowest BCUT2D eigenvalue weighted by atomic mass is 10.1. The monoisotopic (exact) mass is 520 g/mol. The van der Waals surface area contributed by atoms with Gasteiger partial charge in [-0.3, -0.25) is 4.57 Å². The second-order valence-corrected chi connectivity index (χ2v) is 10.4. The lowest BCUT2D eigenvalue weighted by Crippen LogP contribution is -2.06. The maximum Gasteiger partial charge on any atom is 0.238 e. The molecule has 0 amide bonds. The Morgan fingerprint density at radius 2 is 1.18 bits per heavy atom. The van der Waals surface area contributed by atoms with E-state index in [2.05, 4.69) is 41.0 Å². The average molecular weight is 521 g/mol. The summed E-state index contributed by atoms with van der Waals surface area (Å²) in [5.41, 5.74) is 3.94. The molecule has 39 heavy (non-hydrogen) atoms. The van der Waals surface area contributed by atoms with E-state index in [4.69, 9.17) is 19.7 Å². The molecule has 6 heteroatoms. The molecule has 184 valence electrons. The number of fused-ring (bicyclic) bond motifs is 6. The van der Waals surface area contributed by atoms with Gasteiger partial charge in [-0.1, -0.05) is 103 Å². The third-order valence-corrected chi connectivity index (χ3v) is 8.09. The summed E-state index contributed by atoms with van der Waals surface area (Å²) in [6.07, 6.45) is 0. The fourth-order valence-corrected chi connectivity index (χ4v) is 6.26. The average Bonchev–Trinajstić information content (AvgIpc) is 3.35. The number of rotatable bonds is 3. The van der Waals surface area contributed by atoms with Crippen molar-refractivity contribution < 1.29 is 4.74 Å². The van der Waals surface area contributed by atoms with Gasteiger partial charge in [0.1, 0.15) is 11.5 Å². The highest BCUT2D eigenvalue weighted by atomic mass is 32.2. The summed E-state index contributed by atoms with van der Waals surface area (Å²) in [5.74, 6) is 3.59. The predicted molar refractivity (Wildman–Crippen MR) is 156 cm³/mol. The molecule has 0 bridgehead atoms. The van der Waals surface area contributed by atoms with Gasteiger partial charge in [-0.2, -0.15) is 9.97 Å². The van der Waals surface area contributed by atoms with Gasteiger partial charge in [0.15, 0.2) is 11.6 Å². The van der Waals surface area contributed by atoms with E-state index in [-0.39, 0.29) is 0 Å². The van der Waals surface area contributed by atoms with Crippen molar-refractivity contribution in [1.82, 2.24) is 19.5 Å². The van der Waals surface area contributed by atoms with E-state index in [1.54, 1.807) is 11.8 Å². The van der Waals surface area contributed by atoms with Crippen molar-refractivity contribution in [1.29, 1.82) is 0 Å². The Balaban J connectivity index is 1.42. The zero-order chi connectivity index (χ0) is 25.8. The smallest absolute Gasteiger partial charge is 0.238 e. The van der Waals surface area contributed by atoms with Crippen molar-refractivity contribution in [2.24, 2.45) is 0 Å². The summed E-state index contributed by atoms with van der Waals surface area (Å²) in [6, 6.07) is 40.9. The molecular weight excluding hydrogens is 500 g/mol. The minimum absolute atomic E-state index is 0.580. The van der Waals surface area contributed by atoms with Crippen LogP contribution in [0.5, 0.6) is 11.5 Å². The van der Waals surface area contributed by atoms with Gasteiger partial charge in [0.05, 0.1) is 20.8 Å². The van der Waals surface area contributed by atoms with Gasteiger partial charge in [0.25, 0.3) is 0 Å². The number of benzene rings is 5. The summed E-state index contributed by atoms with van der Waals surface area (Å²) in [6.45, 7) is 0. The zero-order valence-electron chi connectivity index (χ0n) is 20.7.